The summed E-state index contributed by atoms with van der Waals surface area (Å²) in [6.07, 6.45) is 3.51. The van der Waals surface area contributed by atoms with Crippen molar-refractivity contribution < 1.29 is 4.79 Å². The summed E-state index contributed by atoms with van der Waals surface area (Å²) in [5, 5.41) is 4.08. The number of rotatable bonds is 6. The standard InChI is InChI=1S/C19H26N4OS/c1-3-14(2)20-18(24)16-9-11-23(12-10-16)19-21-17(22-25-19)13-15-7-5-4-6-8-15/h4-8,14,16H,3,9-13H2,1-2H3,(H,20,24). The van der Waals surface area contributed by atoms with Crippen LogP contribution in [-0.4, -0.2) is 34.4 Å². The molecule has 6 heteroatoms. The SMILES string of the molecule is CCC(C)NC(=O)C1CCN(c2nc(Cc3ccccc3)ns2)CC1. The molecule has 0 spiro atoms. The molecular formula is C19H26N4OS. The average Bonchev–Trinajstić information content (AvgIpc) is 3.11. The van der Waals surface area contributed by atoms with Crippen LogP contribution in [0.15, 0.2) is 30.3 Å². The van der Waals surface area contributed by atoms with E-state index < -0.39 is 0 Å². The monoisotopic (exact) mass is 358 g/mol. The summed E-state index contributed by atoms with van der Waals surface area (Å²) >= 11 is 1.46. The molecule has 1 aliphatic rings. The van der Waals surface area contributed by atoms with Gasteiger partial charge in [0.25, 0.3) is 0 Å². The third-order valence-corrected chi connectivity index (χ3v) is 5.61. The van der Waals surface area contributed by atoms with Crippen LogP contribution in [0.3, 0.4) is 0 Å². The van der Waals surface area contributed by atoms with Crippen molar-refractivity contribution >= 4 is 22.6 Å². The summed E-state index contributed by atoms with van der Waals surface area (Å²) in [7, 11) is 0. The van der Waals surface area contributed by atoms with Crippen LogP contribution in [0.5, 0.6) is 0 Å². The molecule has 1 N–H and O–H groups in total. The predicted octanol–water partition coefficient (Wildman–Crippen LogP) is 3.26. The summed E-state index contributed by atoms with van der Waals surface area (Å²) < 4.78 is 4.50. The van der Waals surface area contributed by atoms with Gasteiger partial charge in [0.05, 0.1) is 0 Å². The highest BCUT2D eigenvalue weighted by atomic mass is 32.1. The van der Waals surface area contributed by atoms with Crippen molar-refractivity contribution in [3.05, 3.63) is 41.7 Å². The Hall–Kier alpha value is -1.95. The quantitative estimate of drug-likeness (QED) is 0.861. The summed E-state index contributed by atoms with van der Waals surface area (Å²) in [6, 6.07) is 10.6. The first-order valence-electron chi connectivity index (χ1n) is 9.07. The molecule has 1 fully saturated rings. The zero-order valence-electron chi connectivity index (χ0n) is 14.9. The average molecular weight is 359 g/mol. The smallest absolute Gasteiger partial charge is 0.223 e. The van der Waals surface area contributed by atoms with Crippen molar-refractivity contribution in [2.24, 2.45) is 5.92 Å². The lowest BCUT2D eigenvalue weighted by Gasteiger charge is -2.31. The van der Waals surface area contributed by atoms with Crippen LogP contribution in [0.25, 0.3) is 0 Å². The Kier molecular flexibility index (Phi) is 6.02. The molecule has 1 saturated heterocycles. The Bertz CT molecular complexity index is 680. The van der Waals surface area contributed by atoms with Gasteiger partial charge in [-0.05, 0) is 31.7 Å². The van der Waals surface area contributed by atoms with E-state index in [9.17, 15) is 4.79 Å². The summed E-state index contributed by atoms with van der Waals surface area (Å²) in [4.78, 5) is 19.2. The van der Waals surface area contributed by atoms with E-state index in [4.69, 9.17) is 4.98 Å². The van der Waals surface area contributed by atoms with Crippen LogP contribution in [0.4, 0.5) is 5.13 Å². The van der Waals surface area contributed by atoms with Gasteiger partial charge in [0.2, 0.25) is 11.0 Å². The lowest BCUT2D eigenvalue weighted by Crippen LogP contribution is -2.43. The summed E-state index contributed by atoms with van der Waals surface area (Å²) in [5.41, 5.74) is 1.23. The van der Waals surface area contributed by atoms with Gasteiger partial charge in [-0.2, -0.15) is 4.37 Å². The molecule has 2 heterocycles. The number of anilines is 1. The van der Waals surface area contributed by atoms with E-state index in [2.05, 4.69) is 40.6 Å². The second-order valence-corrected chi connectivity index (χ2v) is 7.47. The van der Waals surface area contributed by atoms with Crippen LogP contribution in [0, 0.1) is 5.92 Å². The van der Waals surface area contributed by atoms with E-state index in [0.29, 0.717) is 0 Å². The number of amides is 1. The molecule has 25 heavy (non-hydrogen) atoms. The van der Waals surface area contributed by atoms with Crippen molar-refractivity contribution in [3.8, 4) is 0 Å². The first kappa shape index (κ1) is 17.9. The zero-order valence-corrected chi connectivity index (χ0v) is 15.8. The number of hydrogen-bond acceptors (Lipinski definition) is 5. The molecule has 2 aromatic rings. The molecule has 1 aromatic carbocycles. The number of carbonyl (C=O) groups is 1. The lowest BCUT2D eigenvalue weighted by atomic mass is 9.96. The maximum Gasteiger partial charge on any atom is 0.223 e. The van der Waals surface area contributed by atoms with E-state index in [0.717, 1.165) is 49.7 Å². The molecule has 0 radical (unpaired) electrons. The van der Waals surface area contributed by atoms with Gasteiger partial charge in [-0.1, -0.05) is 37.3 Å². The highest BCUT2D eigenvalue weighted by molar-refractivity contribution is 7.09. The first-order chi connectivity index (χ1) is 12.2. The molecule has 1 aromatic heterocycles. The van der Waals surface area contributed by atoms with Crippen molar-refractivity contribution in [1.82, 2.24) is 14.7 Å². The van der Waals surface area contributed by atoms with E-state index in [1.807, 2.05) is 18.2 Å². The number of aromatic nitrogens is 2. The molecule has 3 rings (SSSR count). The molecule has 5 nitrogen and oxygen atoms in total. The highest BCUT2D eigenvalue weighted by Gasteiger charge is 2.27. The van der Waals surface area contributed by atoms with Crippen LogP contribution in [0.2, 0.25) is 0 Å². The topological polar surface area (TPSA) is 58.1 Å². The van der Waals surface area contributed by atoms with Crippen molar-refractivity contribution in [2.75, 3.05) is 18.0 Å². The number of nitrogens with one attached hydrogen (secondary N) is 1. The van der Waals surface area contributed by atoms with Crippen LogP contribution in [0.1, 0.15) is 44.5 Å². The largest absolute Gasteiger partial charge is 0.353 e. The minimum Gasteiger partial charge on any atom is -0.353 e. The first-order valence-corrected chi connectivity index (χ1v) is 9.85. The number of benzene rings is 1. The second kappa shape index (κ2) is 8.43. The Balaban J connectivity index is 1.52. The van der Waals surface area contributed by atoms with E-state index in [1.54, 1.807) is 0 Å². The Labute approximate surface area is 153 Å². The minimum atomic E-state index is 0.127. The number of piperidine rings is 1. The molecular weight excluding hydrogens is 332 g/mol. The maximum atomic E-state index is 12.3. The van der Waals surface area contributed by atoms with E-state index in [-0.39, 0.29) is 17.9 Å². The zero-order chi connectivity index (χ0) is 17.6. The number of nitrogens with zero attached hydrogens (tertiary/aromatic N) is 3. The number of hydrogen-bond donors (Lipinski definition) is 1. The fourth-order valence-electron chi connectivity index (χ4n) is 3.02. The summed E-state index contributed by atoms with van der Waals surface area (Å²) in [6.45, 7) is 5.90. The van der Waals surface area contributed by atoms with Crippen molar-refractivity contribution in [1.29, 1.82) is 0 Å². The Morgan fingerprint density at radius 3 is 2.72 bits per heavy atom. The van der Waals surface area contributed by atoms with Gasteiger partial charge < -0.3 is 10.2 Å². The van der Waals surface area contributed by atoms with Crippen LogP contribution in [-0.2, 0) is 11.2 Å². The molecule has 0 saturated carbocycles. The summed E-state index contributed by atoms with van der Waals surface area (Å²) in [5.74, 6) is 1.21. The molecule has 1 aliphatic heterocycles. The lowest BCUT2D eigenvalue weighted by molar-refractivity contribution is -0.126. The fourth-order valence-corrected chi connectivity index (χ4v) is 3.76. The van der Waals surface area contributed by atoms with Gasteiger partial charge in [0.15, 0.2) is 0 Å². The second-order valence-electron chi connectivity index (χ2n) is 6.73. The fraction of sp³-hybridized carbons (Fsp3) is 0.526. The van der Waals surface area contributed by atoms with Gasteiger partial charge in [0, 0.05) is 43.0 Å². The predicted molar refractivity (Wildman–Crippen MR) is 102 cm³/mol. The normalized spacial score (nSPS) is 16.6. The van der Waals surface area contributed by atoms with E-state index in [1.165, 1.54) is 17.1 Å². The third kappa shape index (κ3) is 4.78. The molecule has 0 aliphatic carbocycles. The van der Waals surface area contributed by atoms with Gasteiger partial charge in [0.1, 0.15) is 5.82 Å². The maximum absolute atomic E-state index is 12.3. The van der Waals surface area contributed by atoms with Gasteiger partial charge in [-0.15, -0.1) is 0 Å². The molecule has 1 atom stereocenters. The third-order valence-electron chi connectivity index (χ3n) is 4.80. The minimum absolute atomic E-state index is 0.127. The Morgan fingerprint density at radius 1 is 1.32 bits per heavy atom. The number of carbonyl (C=O) groups excluding carboxylic acids is 1. The van der Waals surface area contributed by atoms with Crippen LogP contribution < -0.4 is 10.2 Å². The van der Waals surface area contributed by atoms with Crippen molar-refractivity contribution in [2.45, 2.75) is 45.6 Å². The van der Waals surface area contributed by atoms with Gasteiger partial charge in [-0.3, -0.25) is 4.79 Å². The van der Waals surface area contributed by atoms with Crippen molar-refractivity contribution in [3.63, 3.8) is 0 Å². The van der Waals surface area contributed by atoms with Gasteiger partial charge >= 0.3 is 0 Å². The Morgan fingerprint density at radius 2 is 2.04 bits per heavy atom. The van der Waals surface area contributed by atoms with Crippen LogP contribution >= 0.6 is 11.5 Å². The molecule has 1 unspecified atom stereocenters. The van der Waals surface area contributed by atoms with Gasteiger partial charge in [-0.25, -0.2) is 4.98 Å². The molecule has 0 bridgehead atoms. The molecule has 1 amide bonds. The molecule has 134 valence electrons. The highest BCUT2D eigenvalue weighted by Crippen LogP contribution is 2.25. The van der Waals surface area contributed by atoms with E-state index >= 15 is 0 Å².